The van der Waals surface area contributed by atoms with E-state index in [0.717, 1.165) is 5.56 Å². The summed E-state index contributed by atoms with van der Waals surface area (Å²) in [5, 5.41) is 0. The van der Waals surface area contributed by atoms with Crippen molar-refractivity contribution in [2.24, 2.45) is 0 Å². The molecule has 0 radical (unpaired) electrons. The van der Waals surface area contributed by atoms with E-state index in [1.54, 1.807) is 6.07 Å². The molecule has 0 saturated carbocycles. The Kier molecular flexibility index (Phi) is 4.39. The summed E-state index contributed by atoms with van der Waals surface area (Å²) < 4.78 is 20.3. The lowest BCUT2D eigenvalue weighted by Gasteiger charge is -2.08. The Morgan fingerprint density at radius 3 is 2.47 bits per heavy atom. The van der Waals surface area contributed by atoms with Gasteiger partial charge in [0.2, 0.25) is 0 Å². The van der Waals surface area contributed by atoms with Crippen molar-refractivity contribution in [2.45, 2.75) is 6.61 Å². The maximum absolute atomic E-state index is 12.9. The van der Waals surface area contributed by atoms with Gasteiger partial charge in [-0.15, -0.1) is 0 Å². The van der Waals surface area contributed by atoms with Crippen molar-refractivity contribution in [3.05, 3.63) is 61.9 Å². The van der Waals surface area contributed by atoms with E-state index in [9.17, 15) is 4.39 Å². The van der Waals surface area contributed by atoms with Crippen molar-refractivity contribution in [1.29, 1.82) is 0 Å². The van der Waals surface area contributed by atoms with Crippen LogP contribution >= 0.6 is 38.5 Å². The minimum atomic E-state index is -0.279. The molecule has 0 aliphatic carbocycles. The Bertz CT molecular complexity index is 513. The molecule has 0 bridgehead atoms. The van der Waals surface area contributed by atoms with Gasteiger partial charge >= 0.3 is 0 Å². The maximum atomic E-state index is 12.9. The molecule has 2 rings (SSSR count). The smallest absolute Gasteiger partial charge is 0.134 e. The Morgan fingerprint density at radius 1 is 1.12 bits per heavy atom. The van der Waals surface area contributed by atoms with Crippen molar-refractivity contribution in [2.75, 3.05) is 0 Å². The number of halogens is 3. The molecule has 0 N–H and O–H groups in total. The van der Waals surface area contributed by atoms with Crippen LogP contribution in [0.25, 0.3) is 0 Å². The zero-order valence-corrected chi connectivity index (χ0v) is 12.5. The topological polar surface area (TPSA) is 9.23 Å². The van der Waals surface area contributed by atoms with Crippen LogP contribution in [0.1, 0.15) is 5.56 Å². The molecule has 0 aromatic heterocycles. The molecule has 0 spiro atoms. The summed E-state index contributed by atoms with van der Waals surface area (Å²) in [5.74, 6) is 0.364. The molecule has 4 heteroatoms. The van der Waals surface area contributed by atoms with Gasteiger partial charge < -0.3 is 4.74 Å². The second-order valence-electron chi connectivity index (χ2n) is 3.49. The predicted molar refractivity (Wildman–Crippen MR) is 77.6 cm³/mol. The average Bonchev–Trinajstić information content (AvgIpc) is 2.30. The molecule has 0 unspecified atom stereocenters. The van der Waals surface area contributed by atoms with Gasteiger partial charge in [-0.05, 0) is 74.4 Å². The van der Waals surface area contributed by atoms with Crippen LogP contribution in [-0.2, 0) is 6.61 Å². The Hall–Kier alpha value is -0.620. The van der Waals surface area contributed by atoms with E-state index in [1.165, 1.54) is 15.7 Å². The quantitative estimate of drug-likeness (QED) is 0.667. The highest BCUT2D eigenvalue weighted by molar-refractivity contribution is 14.1. The van der Waals surface area contributed by atoms with Gasteiger partial charge in [0, 0.05) is 3.57 Å². The third-order valence-electron chi connectivity index (χ3n) is 2.20. The van der Waals surface area contributed by atoms with Crippen LogP contribution in [0.4, 0.5) is 4.39 Å². The summed E-state index contributed by atoms with van der Waals surface area (Å²) in [4.78, 5) is 0. The first-order valence-corrected chi connectivity index (χ1v) is 6.84. The first-order valence-electron chi connectivity index (χ1n) is 4.97. The number of hydrogen-bond donors (Lipinski definition) is 0. The molecule has 0 fully saturated rings. The minimum Gasteiger partial charge on any atom is -0.488 e. The van der Waals surface area contributed by atoms with E-state index in [-0.39, 0.29) is 5.82 Å². The molecule has 1 nitrogen and oxygen atoms in total. The van der Waals surface area contributed by atoms with Crippen LogP contribution in [0.2, 0.25) is 0 Å². The molecule has 0 atom stereocenters. The summed E-state index contributed by atoms with van der Waals surface area (Å²) in [6.07, 6.45) is 0. The Labute approximate surface area is 121 Å². The molecular weight excluding hydrogens is 398 g/mol. The average molecular weight is 407 g/mol. The first-order chi connectivity index (χ1) is 8.15. The predicted octanol–water partition coefficient (Wildman–Crippen LogP) is 4.77. The third kappa shape index (κ3) is 3.67. The van der Waals surface area contributed by atoms with Crippen LogP contribution in [0, 0.1) is 9.39 Å². The fourth-order valence-electron chi connectivity index (χ4n) is 1.33. The van der Waals surface area contributed by atoms with E-state index in [1.807, 2.05) is 24.3 Å². The molecule has 0 aliphatic rings. The molecule has 0 amide bonds. The number of ether oxygens (including phenoxy) is 1. The third-order valence-corrected chi connectivity index (χ3v) is 3.54. The number of rotatable bonds is 3. The molecule has 88 valence electrons. The van der Waals surface area contributed by atoms with E-state index in [4.69, 9.17) is 4.74 Å². The van der Waals surface area contributed by atoms with Crippen molar-refractivity contribution in [3.63, 3.8) is 0 Å². The van der Waals surface area contributed by atoms with Gasteiger partial charge in [-0.1, -0.05) is 12.1 Å². The zero-order valence-electron chi connectivity index (χ0n) is 8.79. The molecule has 0 saturated heterocycles. The van der Waals surface area contributed by atoms with Crippen LogP contribution in [0.15, 0.2) is 46.9 Å². The van der Waals surface area contributed by atoms with Crippen molar-refractivity contribution < 1.29 is 9.13 Å². The van der Waals surface area contributed by atoms with E-state index < -0.39 is 0 Å². The van der Waals surface area contributed by atoms with Gasteiger partial charge in [0.05, 0.1) is 4.47 Å². The monoisotopic (exact) mass is 406 g/mol. The molecule has 2 aromatic carbocycles. The molecular formula is C13H9BrFIO. The van der Waals surface area contributed by atoms with Crippen LogP contribution in [0.5, 0.6) is 5.75 Å². The molecule has 0 aliphatic heterocycles. The highest BCUT2D eigenvalue weighted by Gasteiger charge is 2.02. The standard InChI is InChI=1S/C13H9BrFIO/c14-12-7-10(15)3-6-13(12)17-8-9-1-4-11(16)5-2-9/h1-7H,8H2. The summed E-state index contributed by atoms with van der Waals surface area (Å²) in [5.41, 5.74) is 1.08. The van der Waals surface area contributed by atoms with Crippen LogP contribution in [0.3, 0.4) is 0 Å². The molecule has 17 heavy (non-hydrogen) atoms. The Morgan fingerprint density at radius 2 is 1.82 bits per heavy atom. The number of hydrogen-bond acceptors (Lipinski definition) is 1. The zero-order chi connectivity index (χ0) is 12.3. The second-order valence-corrected chi connectivity index (χ2v) is 5.59. The van der Waals surface area contributed by atoms with Gasteiger partial charge in [-0.2, -0.15) is 0 Å². The van der Waals surface area contributed by atoms with E-state index in [2.05, 4.69) is 38.5 Å². The van der Waals surface area contributed by atoms with Gasteiger partial charge in [0.25, 0.3) is 0 Å². The summed E-state index contributed by atoms with van der Waals surface area (Å²) >= 11 is 5.52. The molecule has 2 aromatic rings. The highest BCUT2D eigenvalue weighted by atomic mass is 127. The Balaban J connectivity index is 2.04. The fraction of sp³-hybridized carbons (Fsp3) is 0.0769. The van der Waals surface area contributed by atoms with Crippen molar-refractivity contribution in [1.82, 2.24) is 0 Å². The lowest BCUT2D eigenvalue weighted by molar-refractivity contribution is 0.303. The van der Waals surface area contributed by atoms with Crippen molar-refractivity contribution >= 4 is 38.5 Å². The minimum absolute atomic E-state index is 0.279. The second kappa shape index (κ2) is 5.82. The van der Waals surface area contributed by atoms with Crippen molar-refractivity contribution in [3.8, 4) is 5.75 Å². The van der Waals surface area contributed by atoms with Gasteiger partial charge in [0.15, 0.2) is 0 Å². The first kappa shape index (κ1) is 12.8. The van der Waals surface area contributed by atoms with Gasteiger partial charge in [0.1, 0.15) is 18.2 Å². The normalized spacial score (nSPS) is 10.3. The SMILES string of the molecule is Fc1ccc(OCc2ccc(I)cc2)c(Br)c1. The number of benzene rings is 2. The lowest BCUT2D eigenvalue weighted by atomic mass is 10.2. The lowest BCUT2D eigenvalue weighted by Crippen LogP contribution is -1.96. The summed E-state index contributed by atoms with van der Waals surface area (Å²) in [6, 6.07) is 12.5. The fourth-order valence-corrected chi connectivity index (χ4v) is 2.16. The summed E-state index contributed by atoms with van der Waals surface area (Å²) in [6.45, 7) is 0.473. The maximum Gasteiger partial charge on any atom is 0.134 e. The van der Waals surface area contributed by atoms with E-state index in [0.29, 0.717) is 16.8 Å². The summed E-state index contributed by atoms with van der Waals surface area (Å²) in [7, 11) is 0. The highest BCUT2D eigenvalue weighted by Crippen LogP contribution is 2.26. The van der Waals surface area contributed by atoms with Crippen LogP contribution < -0.4 is 4.74 Å². The largest absolute Gasteiger partial charge is 0.488 e. The van der Waals surface area contributed by atoms with Crippen LogP contribution in [-0.4, -0.2) is 0 Å². The van der Waals surface area contributed by atoms with E-state index >= 15 is 0 Å². The van der Waals surface area contributed by atoms with Gasteiger partial charge in [-0.25, -0.2) is 4.39 Å². The molecule has 0 heterocycles. The van der Waals surface area contributed by atoms with Gasteiger partial charge in [-0.3, -0.25) is 0 Å².